The SMILES string of the molecule is C.C.CC(=O)CC(=O)N1CCCC1C(=O)OCOC(=O)C1CCCC1C. The van der Waals surface area contributed by atoms with Crippen LogP contribution in [-0.2, 0) is 28.7 Å². The van der Waals surface area contributed by atoms with Crippen LogP contribution < -0.4 is 0 Å². The molecule has 150 valence electrons. The lowest BCUT2D eigenvalue weighted by molar-refractivity contribution is -0.174. The van der Waals surface area contributed by atoms with Crippen LogP contribution >= 0.6 is 0 Å². The van der Waals surface area contributed by atoms with Gasteiger partial charge in [0.15, 0.2) is 0 Å². The highest BCUT2D eigenvalue weighted by molar-refractivity contribution is 5.98. The van der Waals surface area contributed by atoms with E-state index in [0.717, 1.165) is 19.3 Å². The molecule has 1 heterocycles. The number of rotatable bonds is 6. The van der Waals surface area contributed by atoms with Gasteiger partial charge < -0.3 is 14.4 Å². The molecule has 0 spiro atoms. The fourth-order valence-electron chi connectivity index (χ4n) is 3.47. The van der Waals surface area contributed by atoms with Gasteiger partial charge in [-0.25, -0.2) is 4.79 Å². The van der Waals surface area contributed by atoms with Crippen LogP contribution in [0.3, 0.4) is 0 Å². The number of ketones is 1. The number of nitrogens with zero attached hydrogens (tertiary/aromatic N) is 1. The number of hydrogen-bond acceptors (Lipinski definition) is 6. The predicted molar refractivity (Wildman–Crippen MR) is 97.1 cm³/mol. The fraction of sp³-hybridized carbons (Fsp3) is 0.789. The first-order valence-corrected chi connectivity index (χ1v) is 8.52. The molecule has 1 aliphatic heterocycles. The molecule has 2 fully saturated rings. The Morgan fingerprint density at radius 1 is 0.962 bits per heavy atom. The molecule has 0 N–H and O–H groups in total. The van der Waals surface area contributed by atoms with Crippen molar-refractivity contribution in [2.75, 3.05) is 13.3 Å². The normalized spacial score (nSPS) is 24.2. The Balaban J connectivity index is 0.00000312. The average Bonchev–Trinajstić information content (AvgIpc) is 3.14. The molecule has 2 aliphatic rings. The standard InChI is InChI=1S/C17H25NO6.2CH4/c1-11-5-3-6-13(11)16(21)23-10-24-17(22)14-7-4-8-18(14)15(20)9-12(2)19;;/h11,13-14H,3-10H2,1-2H3;2*1H4. The van der Waals surface area contributed by atoms with Crippen LogP contribution in [0, 0.1) is 11.8 Å². The van der Waals surface area contributed by atoms with E-state index in [0.29, 0.717) is 25.3 Å². The van der Waals surface area contributed by atoms with Gasteiger partial charge in [-0.05, 0) is 38.5 Å². The van der Waals surface area contributed by atoms with Crippen molar-refractivity contribution in [2.45, 2.75) is 73.3 Å². The van der Waals surface area contributed by atoms with Crippen molar-refractivity contribution >= 4 is 23.6 Å². The minimum atomic E-state index is -0.694. The zero-order valence-corrected chi connectivity index (χ0v) is 14.3. The van der Waals surface area contributed by atoms with Crippen LogP contribution in [0.1, 0.15) is 67.2 Å². The summed E-state index contributed by atoms with van der Waals surface area (Å²) in [4.78, 5) is 48.5. The highest BCUT2D eigenvalue weighted by Crippen LogP contribution is 2.32. The van der Waals surface area contributed by atoms with Gasteiger partial charge in [-0.3, -0.25) is 14.4 Å². The molecule has 3 atom stereocenters. The van der Waals surface area contributed by atoms with Gasteiger partial charge in [0.1, 0.15) is 11.8 Å². The molecule has 0 radical (unpaired) electrons. The Morgan fingerprint density at radius 2 is 1.62 bits per heavy atom. The number of likely N-dealkylation sites (tertiary alicyclic amines) is 1. The van der Waals surface area contributed by atoms with Crippen LogP contribution in [0.5, 0.6) is 0 Å². The van der Waals surface area contributed by atoms with E-state index in [1.807, 2.05) is 6.92 Å². The van der Waals surface area contributed by atoms with Gasteiger partial charge in [0.2, 0.25) is 12.7 Å². The molecule has 0 aromatic heterocycles. The van der Waals surface area contributed by atoms with Crippen molar-refractivity contribution in [2.24, 2.45) is 11.8 Å². The summed E-state index contributed by atoms with van der Waals surface area (Å²) >= 11 is 0. The summed E-state index contributed by atoms with van der Waals surface area (Å²) in [5.41, 5.74) is 0. The maximum absolute atomic E-state index is 12.1. The molecule has 0 aromatic carbocycles. The van der Waals surface area contributed by atoms with E-state index in [4.69, 9.17) is 9.47 Å². The molecule has 1 aliphatic carbocycles. The summed E-state index contributed by atoms with van der Waals surface area (Å²) in [6, 6.07) is -0.694. The molecule has 0 aromatic rings. The van der Waals surface area contributed by atoms with Gasteiger partial charge >= 0.3 is 11.9 Å². The van der Waals surface area contributed by atoms with Crippen LogP contribution in [0.4, 0.5) is 0 Å². The largest absolute Gasteiger partial charge is 0.428 e. The first-order valence-electron chi connectivity index (χ1n) is 8.52. The summed E-state index contributed by atoms with van der Waals surface area (Å²) in [6.45, 7) is 3.37. The lowest BCUT2D eigenvalue weighted by atomic mass is 9.99. The van der Waals surface area contributed by atoms with Crippen molar-refractivity contribution in [3.63, 3.8) is 0 Å². The maximum atomic E-state index is 12.1. The predicted octanol–water partition coefficient (Wildman–Crippen LogP) is 2.71. The summed E-state index contributed by atoms with van der Waals surface area (Å²) in [6.07, 6.45) is 3.80. The van der Waals surface area contributed by atoms with E-state index in [1.54, 1.807) is 0 Å². The molecule has 1 saturated carbocycles. The molecule has 1 amide bonds. The van der Waals surface area contributed by atoms with Crippen molar-refractivity contribution < 1.29 is 28.7 Å². The smallest absolute Gasteiger partial charge is 0.331 e. The van der Waals surface area contributed by atoms with E-state index in [9.17, 15) is 19.2 Å². The van der Waals surface area contributed by atoms with E-state index in [-0.39, 0.29) is 44.9 Å². The lowest BCUT2D eigenvalue weighted by Gasteiger charge is -2.23. The van der Waals surface area contributed by atoms with Crippen LogP contribution in [0.25, 0.3) is 0 Å². The van der Waals surface area contributed by atoms with Crippen molar-refractivity contribution in [1.82, 2.24) is 4.90 Å². The Labute approximate surface area is 156 Å². The molecular weight excluding hydrogens is 338 g/mol. The van der Waals surface area contributed by atoms with Crippen molar-refractivity contribution in [1.29, 1.82) is 0 Å². The Hall–Kier alpha value is -1.92. The number of Topliss-reactive ketones (excluding diaryl/α,β-unsaturated/α-hetero) is 1. The van der Waals surface area contributed by atoms with Crippen LogP contribution in [-0.4, -0.2) is 47.9 Å². The van der Waals surface area contributed by atoms with Crippen LogP contribution in [0.2, 0.25) is 0 Å². The number of ether oxygens (including phenoxy) is 2. The van der Waals surface area contributed by atoms with E-state index in [1.165, 1.54) is 11.8 Å². The number of carbonyl (C=O) groups excluding carboxylic acids is 4. The molecule has 7 heteroatoms. The first-order chi connectivity index (χ1) is 11.4. The van der Waals surface area contributed by atoms with Crippen LogP contribution in [0.15, 0.2) is 0 Å². The van der Waals surface area contributed by atoms with Gasteiger partial charge in [0.25, 0.3) is 0 Å². The van der Waals surface area contributed by atoms with Gasteiger partial charge in [-0.1, -0.05) is 28.2 Å². The Kier molecular flexibility index (Phi) is 10.1. The number of carbonyl (C=O) groups is 4. The van der Waals surface area contributed by atoms with Gasteiger partial charge in [0.05, 0.1) is 12.3 Å². The van der Waals surface area contributed by atoms with E-state index in [2.05, 4.69) is 0 Å². The summed E-state index contributed by atoms with van der Waals surface area (Å²) in [5, 5.41) is 0. The van der Waals surface area contributed by atoms with Gasteiger partial charge in [-0.2, -0.15) is 0 Å². The molecular formula is C19H33NO6. The minimum absolute atomic E-state index is 0. The molecule has 1 saturated heterocycles. The number of amides is 1. The number of hydrogen-bond donors (Lipinski definition) is 0. The minimum Gasteiger partial charge on any atom is -0.428 e. The number of esters is 2. The molecule has 26 heavy (non-hydrogen) atoms. The third kappa shape index (κ3) is 6.11. The quantitative estimate of drug-likeness (QED) is 0.405. The Morgan fingerprint density at radius 3 is 2.19 bits per heavy atom. The zero-order chi connectivity index (χ0) is 17.7. The molecule has 0 bridgehead atoms. The molecule has 2 rings (SSSR count). The Bertz CT molecular complexity index is 518. The topological polar surface area (TPSA) is 90.0 Å². The maximum Gasteiger partial charge on any atom is 0.331 e. The third-order valence-electron chi connectivity index (χ3n) is 4.81. The summed E-state index contributed by atoms with van der Waals surface area (Å²) in [7, 11) is 0. The second-order valence-electron chi connectivity index (χ2n) is 6.68. The second kappa shape index (κ2) is 10.9. The first kappa shape index (κ1) is 24.1. The summed E-state index contributed by atoms with van der Waals surface area (Å²) in [5.74, 6) is -1.34. The molecule has 3 unspecified atom stereocenters. The third-order valence-corrected chi connectivity index (χ3v) is 4.81. The fourth-order valence-corrected chi connectivity index (χ4v) is 3.47. The van der Waals surface area contributed by atoms with Crippen molar-refractivity contribution in [3.05, 3.63) is 0 Å². The average molecular weight is 371 g/mol. The molecule has 7 nitrogen and oxygen atoms in total. The highest BCUT2D eigenvalue weighted by atomic mass is 16.7. The highest BCUT2D eigenvalue weighted by Gasteiger charge is 2.36. The monoisotopic (exact) mass is 371 g/mol. The van der Waals surface area contributed by atoms with Crippen molar-refractivity contribution in [3.8, 4) is 0 Å². The van der Waals surface area contributed by atoms with E-state index >= 15 is 0 Å². The summed E-state index contributed by atoms with van der Waals surface area (Å²) < 4.78 is 10.1. The van der Waals surface area contributed by atoms with E-state index < -0.39 is 18.8 Å². The zero-order valence-electron chi connectivity index (χ0n) is 14.3. The lowest BCUT2D eigenvalue weighted by Crippen LogP contribution is -2.42. The second-order valence-corrected chi connectivity index (χ2v) is 6.68. The van der Waals surface area contributed by atoms with Gasteiger partial charge in [0, 0.05) is 6.54 Å². The van der Waals surface area contributed by atoms with Gasteiger partial charge in [-0.15, -0.1) is 0 Å².